The van der Waals surface area contributed by atoms with Crippen LogP contribution in [-0.4, -0.2) is 32.6 Å². The first kappa shape index (κ1) is 14.5. The molecule has 0 aliphatic carbocycles. The minimum atomic E-state index is -0.0646. The molecule has 4 heteroatoms. The summed E-state index contributed by atoms with van der Waals surface area (Å²) < 4.78 is 0. The van der Waals surface area contributed by atoms with Crippen molar-refractivity contribution < 1.29 is 4.79 Å². The molecule has 4 nitrogen and oxygen atoms in total. The summed E-state index contributed by atoms with van der Waals surface area (Å²) in [6.45, 7) is 2.61. The molecular weight excluding hydrogens is 226 g/mol. The molecule has 0 fully saturated rings. The number of hydrogen-bond acceptors (Lipinski definition) is 3. The molecular formula is C14H23N3O. The van der Waals surface area contributed by atoms with Crippen LogP contribution in [0.5, 0.6) is 0 Å². The number of carbonyl (C=O) groups is 1. The minimum absolute atomic E-state index is 0.0379. The van der Waals surface area contributed by atoms with E-state index in [-0.39, 0.29) is 11.9 Å². The third-order valence-electron chi connectivity index (χ3n) is 2.81. The van der Waals surface area contributed by atoms with Gasteiger partial charge in [0.25, 0.3) is 5.91 Å². The molecule has 1 aromatic rings. The molecule has 1 atom stereocenters. The van der Waals surface area contributed by atoms with Crippen molar-refractivity contribution in [3.8, 4) is 0 Å². The Morgan fingerprint density at radius 2 is 2.17 bits per heavy atom. The monoisotopic (exact) mass is 249 g/mol. The molecule has 18 heavy (non-hydrogen) atoms. The third-order valence-corrected chi connectivity index (χ3v) is 2.81. The van der Waals surface area contributed by atoms with Gasteiger partial charge in [0.2, 0.25) is 0 Å². The van der Waals surface area contributed by atoms with Crippen molar-refractivity contribution in [2.75, 3.05) is 25.5 Å². The molecule has 0 bridgehead atoms. The van der Waals surface area contributed by atoms with Crippen LogP contribution >= 0.6 is 0 Å². The van der Waals surface area contributed by atoms with Crippen molar-refractivity contribution in [3.63, 3.8) is 0 Å². The van der Waals surface area contributed by atoms with Gasteiger partial charge in [0.15, 0.2) is 0 Å². The highest BCUT2D eigenvalue weighted by Crippen LogP contribution is 2.13. The van der Waals surface area contributed by atoms with Gasteiger partial charge in [-0.2, -0.15) is 0 Å². The Labute approximate surface area is 109 Å². The Kier molecular flexibility index (Phi) is 5.65. The molecule has 3 N–H and O–H groups in total. The van der Waals surface area contributed by atoms with Crippen LogP contribution in [0.25, 0.3) is 0 Å². The summed E-state index contributed by atoms with van der Waals surface area (Å²) >= 11 is 0. The van der Waals surface area contributed by atoms with Crippen LogP contribution in [0.15, 0.2) is 24.3 Å². The van der Waals surface area contributed by atoms with Crippen molar-refractivity contribution in [3.05, 3.63) is 29.8 Å². The number of benzene rings is 1. The van der Waals surface area contributed by atoms with E-state index < -0.39 is 0 Å². The van der Waals surface area contributed by atoms with Crippen LogP contribution in [0, 0.1) is 0 Å². The Morgan fingerprint density at radius 3 is 2.78 bits per heavy atom. The van der Waals surface area contributed by atoms with Gasteiger partial charge in [-0.1, -0.05) is 19.4 Å². The lowest BCUT2D eigenvalue weighted by atomic mass is 10.1. The first-order valence-electron chi connectivity index (χ1n) is 6.35. The lowest BCUT2D eigenvalue weighted by Crippen LogP contribution is -2.37. The first-order chi connectivity index (χ1) is 8.54. The van der Waals surface area contributed by atoms with Crippen molar-refractivity contribution in [1.82, 2.24) is 5.32 Å². The van der Waals surface area contributed by atoms with E-state index in [2.05, 4.69) is 12.2 Å². The molecule has 1 unspecified atom stereocenters. The van der Waals surface area contributed by atoms with E-state index in [1.807, 2.05) is 43.3 Å². The van der Waals surface area contributed by atoms with Crippen LogP contribution in [0.2, 0.25) is 0 Å². The molecule has 0 aliphatic heterocycles. The zero-order valence-electron chi connectivity index (χ0n) is 11.4. The number of nitrogens with one attached hydrogen (secondary N) is 1. The van der Waals surface area contributed by atoms with Crippen LogP contribution in [-0.2, 0) is 0 Å². The fourth-order valence-corrected chi connectivity index (χ4v) is 1.72. The van der Waals surface area contributed by atoms with E-state index >= 15 is 0 Å². The zero-order valence-corrected chi connectivity index (χ0v) is 11.4. The van der Waals surface area contributed by atoms with Gasteiger partial charge in [0.1, 0.15) is 0 Å². The second-order valence-electron chi connectivity index (χ2n) is 4.70. The highest BCUT2D eigenvalue weighted by Gasteiger charge is 2.08. The summed E-state index contributed by atoms with van der Waals surface area (Å²) in [5.74, 6) is -0.0646. The summed E-state index contributed by atoms with van der Waals surface area (Å²) in [5.41, 5.74) is 7.55. The van der Waals surface area contributed by atoms with Crippen LogP contribution in [0.3, 0.4) is 0 Å². The number of anilines is 1. The van der Waals surface area contributed by atoms with Gasteiger partial charge in [-0.25, -0.2) is 0 Å². The van der Waals surface area contributed by atoms with Gasteiger partial charge >= 0.3 is 0 Å². The Bertz CT molecular complexity index is 390. The predicted octanol–water partition coefficient (Wildman–Crippen LogP) is 1.61. The topological polar surface area (TPSA) is 58.4 Å². The van der Waals surface area contributed by atoms with Gasteiger partial charge in [-0.3, -0.25) is 4.79 Å². The molecule has 1 amide bonds. The third kappa shape index (κ3) is 4.37. The molecule has 0 radical (unpaired) electrons. The van der Waals surface area contributed by atoms with Crippen molar-refractivity contribution in [2.45, 2.75) is 25.8 Å². The fourth-order valence-electron chi connectivity index (χ4n) is 1.72. The van der Waals surface area contributed by atoms with Gasteiger partial charge in [-0.15, -0.1) is 0 Å². The Hall–Kier alpha value is -1.55. The lowest BCUT2D eigenvalue weighted by Gasteiger charge is -2.14. The average molecular weight is 249 g/mol. The molecule has 0 saturated carbocycles. The number of hydrogen-bond donors (Lipinski definition) is 2. The molecule has 0 saturated heterocycles. The quantitative estimate of drug-likeness (QED) is 0.805. The largest absolute Gasteiger partial charge is 0.378 e. The highest BCUT2D eigenvalue weighted by atomic mass is 16.1. The summed E-state index contributed by atoms with van der Waals surface area (Å²) in [7, 11) is 3.91. The maximum Gasteiger partial charge on any atom is 0.251 e. The summed E-state index contributed by atoms with van der Waals surface area (Å²) in [4.78, 5) is 13.9. The van der Waals surface area contributed by atoms with Crippen molar-refractivity contribution in [2.24, 2.45) is 5.73 Å². The van der Waals surface area contributed by atoms with Crippen LogP contribution < -0.4 is 16.0 Å². The Morgan fingerprint density at radius 1 is 1.44 bits per heavy atom. The normalized spacial score (nSPS) is 12.0. The molecule has 100 valence electrons. The van der Waals surface area contributed by atoms with E-state index in [0.29, 0.717) is 12.1 Å². The minimum Gasteiger partial charge on any atom is -0.378 e. The SMILES string of the molecule is CCCC(N)CNC(=O)c1cccc(N(C)C)c1. The number of nitrogens with two attached hydrogens (primary N) is 1. The van der Waals surface area contributed by atoms with Gasteiger partial charge < -0.3 is 16.0 Å². The molecule has 1 aromatic carbocycles. The van der Waals surface area contributed by atoms with E-state index in [0.717, 1.165) is 18.5 Å². The van der Waals surface area contributed by atoms with Crippen LogP contribution in [0.4, 0.5) is 5.69 Å². The van der Waals surface area contributed by atoms with Crippen molar-refractivity contribution >= 4 is 11.6 Å². The van der Waals surface area contributed by atoms with E-state index in [1.54, 1.807) is 0 Å². The lowest BCUT2D eigenvalue weighted by molar-refractivity contribution is 0.0950. The second kappa shape index (κ2) is 7.01. The number of nitrogens with zero attached hydrogens (tertiary/aromatic N) is 1. The second-order valence-corrected chi connectivity index (χ2v) is 4.70. The molecule has 0 spiro atoms. The summed E-state index contributed by atoms with van der Waals surface area (Å²) in [6, 6.07) is 7.58. The zero-order chi connectivity index (χ0) is 13.5. The maximum absolute atomic E-state index is 11.9. The highest BCUT2D eigenvalue weighted by molar-refractivity contribution is 5.95. The van der Waals surface area contributed by atoms with Crippen molar-refractivity contribution in [1.29, 1.82) is 0 Å². The van der Waals surface area contributed by atoms with Gasteiger partial charge in [0, 0.05) is 37.9 Å². The molecule has 1 rings (SSSR count). The summed E-state index contributed by atoms with van der Waals surface area (Å²) in [5, 5.41) is 2.87. The van der Waals surface area contributed by atoms with E-state index in [4.69, 9.17) is 5.73 Å². The standard InChI is InChI=1S/C14H23N3O/c1-4-6-12(15)10-16-14(18)11-7-5-8-13(9-11)17(2)3/h5,7-9,12H,4,6,10,15H2,1-3H3,(H,16,18). The molecule has 0 heterocycles. The first-order valence-corrected chi connectivity index (χ1v) is 6.35. The van der Waals surface area contributed by atoms with Gasteiger partial charge in [0.05, 0.1) is 0 Å². The molecule has 0 aliphatic rings. The van der Waals surface area contributed by atoms with Gasteiger partial charge in [-0.05, 0) is 24.6 Å². The van der Waals surface area contributed by atoms with Crippen LogP contribution in [0.1, 0.15) is 30.1 Å². The number of amides is 1. The summed E-state index contributed by atoms with van der Waals surface area (Å²) in [6.07, 6.45) is 1.96. The Balaban J connectivity index is 2.58. The fraction of sp³-hybridized carbons (Fsp3) is 0.500. The average Bonchev–Trinajstić information content (AvgIpc) is 2.36. The predicted molar refractivity (Wildman–Crippen MR) is 76.0 cm³/mol. The van der Waals surface area contributed by atoms with E-state index in [9.17, 15) is 4.79 Å². The number of carbonyl (C=O) groups excluding carboxylic acids is 1. The molecule has 0 aromatic heterocycles. The smallest absolute Gasteiger partial charge is 0.251 e. The van der Waals surface area contributed by atoms with E-state index in [1.165, 1.54) is 0 Å². The number of rotatable bonds is 6. The maximum atomic E-state index is 11.9.